The molecule has 3 nitrogen and oxygen atoms in total. The Morgan fingerprint density at radius 3 is 2.94 bits per heavy atom. The number of benzene rings is 1. The molecule has 0 N–H and O–H groups in total. The van der Waals surface area contributed by atoms with E-state index in [0.717, 1.165) is 5.52 Å². The summed E-state index contributed by atoms with van der Waals surface area (Å²) >= 11 is 5.87. The molecule has 2 aromatic rings. The standard InChI is InChI=1S/C13H16ClFN2O/c1-3-18-9(2)8-17-11-6-4-5-10(15)13(11)16-12(17)7-14/h4-6,9H,3,7-8H2,1-2H3. The number of para-hydroxylation sites is 1. The first-order chi connectivity index (χ1) is 8.67. The van der Waals surface area contributed by atoms with E-state index in [4.69, 9.17) is 16.3 Å². The van der Waals surface area contributed by atoms with Crippen molar-refractivity contribution in [2.75, 3.05) is 6.61 Å². The predicted octanol–water partition coefficient (Wildman–Crippen LogP) is 3.34. The molecule has 18 heavy (non-hydrogen) atoms. The fourth-order valence-corrected chi connectivity index (χ4v) is 2.27. The van der Waals surface area contributed by atoms with Gasteiger partial charge in [-0.2, -0.15) is 0 Å². The minimum absolute atomic E-state index is 0.0395. The number of halogens is 2. The monoisotopic (exact) mass is 270 g/mol. The number of hydrogen-bond donors (Lipinski definition) is 0. The average molecular weight is 271 g/mol. The van der Waals surface area contributed by atoms with Gasteiger partial charge in [-0.25, -0.2) is 9.37 Å². The zero-order chi connectivity index (χ0) is 13.1. The molecule has 0 aliphatic heterocycles. The van der Waals surface area contributed by atoms with E-state index in [-0.39, 0.29) is 17.8 Å². The van der Waals surface area contributed by atoms with E-state index in [0.29, 0.717) is 24.5 Å². The van der Waals surface area contributed by atoms with Gasteiger partial charge in [-0.1, -0.05) is 6.07 Å². The van der Waals surface area contributed by atoms with Crippen molar-refractivity contribution in [1.82, 2.24) is 9.55 Å². The van der Waals surface area contributed by atoms with Crippen molar-refractivity contribution in [2.45, 2.75) is 32.4 Å². The van der Waals surface area contributed by atoms with Crippen molar-refractivity contribution >= 4 is 22.6 Å². The van der Waals surface area contributed by atoms with Crippen LogP contribution in [0.3, 0.4) is 0 Å². The van der Waals surface area contributed by atoms with Crippen molar-refractivity contribution in [3.05, 3.63) is 29.8 Å². The van der Waals surface area contributed by atoms with Crippen molar-refractivity contribution in [2.24, 2.45) is 0 Å². The van der Waals surface area contributed by atoms with Crippen LogP contribution in [0.5, 0.6) is 0 Å². The Morgan fingerprint density at radius 2 is 2.28 bits per heavy atom. The van der Waals surface area contributed by atoms with Gasteiger partial charge in [-0.15, -0.1) is 11.6 Å². The molecule has 1 heterocycles. The number of fused-ring (bicyclic) bond motifs is 1. The third-order valence-corrected chi connectivity index (χ3v) is 3.06. The van der Waals surface area contributed by atoms with Gasteiger partial charge in [-0.05, 0) is 26.0 Å². The Labute approximate surface area is 111 Å². The van der Waals surface area contributed by atoms with Gasteiger partial charge in [-0.3, -0.25) is 0 Å². The number of rotatable bonds is 5. The molecule has 1 atom stereocenters. The first-order valence-electron chi connectivity index (χ1n) is 5.98. The molecule has 98 valence electrons. The summed E-state index contributed by atoms with van der Waals surface area (Å²) in [5.41, 5.74) is 1.13. The van der Waals surface area contributed by atoms with Gasteiger partial charge in [0.05, 0.1) is 24.0 Å². The summed E-state index contributed by atoms with van der Waals surface area (Å²) in [6, 6.07) is 4.93. The summed E-state index contributed by atoms with van der Waals surface area (Å²) in [5.74, 6) is 0.609. The van der Waals surface area contributed by atoms with Crippen LogP contribution in [-0.2, 0) is 17.2 Å². The molecule has 0 fully saturated rings. The molecule has 2 rings (SSSR count). The number of nitrogens with zero attached hydrogens (tertiary/aromatic N) is 2. The van der Waals surface area contributed by atoms with Crippen LogP contribution in [-0.4, -0.2) is 22.3 Å². The van der Waals surface area contributed by atoms with Gasteiger partial charge in [0.25, 0.3) is 0 Å². The van der Waals surface area contributed by atoms with Crippen LogP contribution >= 0.6 is 11.6 Å². The van der Waals surface area contributed by atoms with Crippen LogP contribution in [0.4, 0.5) is 4.39 Å². The topological polar surface area (TPSA) is 27.1 Å². The molecule has 0 amide bonds. The Kier molecular flexibility index (Phi) is 4.19. The van der Waals surface area contributed by atoms with E-state index >= 15 is 0 Å². The second-order valence-corrected chi connectivity index (χ2v) is 4.41. The average Bonchev–Trinajstić information content (AvgIpc) is 2.69. The van der Waals surface area contributed by atoms with Gasteiger partial charge in [0, 0.05) is 6.61 Å². The van der Waals surface area contributed by atoms with Crippen molar-refractivity contribution < 1.29 is 9.13 Å². The zero-order valence-electron chi connectivity index (χ0n) is 10.5. The highest BCUT2D eigenvalue weighted by molar-refractivity contribution is 6.16. The Hall–Kier alpha value is -1.13. The second-order valence-electron chi connectivity index (χ2n) is 4.15. The molecule has 1 aromatic carbocycles. The number of hydrogen-bond acceptors (Lipinski definition) is 2. The lowest BCUT2D eigenvalue weighted by Gasteiger charge is -2.14. The van der Waals surface area contributed by atoms with E-state index in [9.17, 15) is 4.39 Å². The van der Waals surface area contributed by atoms with Crippen LogP contribution in [0.15, 0.2) is 18.2 Å². The van der Waals surface area contributed by atoms with Crippen LogP contribution in [0, 0.1) is 5.82 Å². The summed E-state index contributed by atoms with van der Waals surface area (Å²) in [5, 5.41) is 0. The largest absolute Gasteiger partial charge is 0.377 e. The molecule has 1 aromatic heterocycles. The van der Waals surface area contributed by atoms with E-state index in [1.165, 1.54) is 6.07 Å². The smallest absolute Gasteiger partial charge is 0.151 e. The molecule has 5 heteroatoms. The van der Waals surface area contributed by atoms with Gasteiger partial charge < -0.3 is 9.30 Å². The Bertz CT molecular complexity index is 541. The molecule has 0 bridgehead atoms. The van der Waals surface area contributed by atoms with Crippen molar-refractivity contribution in [3.8, 4) is 0 Å². The molecule has 0 aliphatic carbocycles. The van der Waals surface area contributed by atoms with Gasteiger partial charge in [0.1, 0.15) is 11.3 Å². The minimum atomic E-state index is -0.318. The molecule has 0 aliphatic rings. The predicted molar refractivity (Wildman–Crippen MR) is 70.3 cm³/mol. The van der Waals surface area contributed by atoms with Gasteiger partial charge in [0.2, 0.25) is 0 Å². The number of ether oxygens (including phenoxy) is 1. The molecule has 0 spiro atoms. The van der Waals surface area contributed by atoms with Gasteiger partial charge >= 0.3 is 0 Å². The third-order valence-electron chi connectivity index (χ3n) is 2.82. The van der Waals surface area contributed by atoms with E-state index < -0.39 is 0 Å². The van der Waals surface area contributed by atoms with Crippen LogP contribution in [0.2, 0.25) is 0 Å². The number of imidazole rings is 1. The maximum absolute atomic E-state index is 13.7. The number of alkyl halides is 1. The first-order valence-corrected chi connectivity index (χ1v) is 6.52. The molecule has 0 radical (unpaired) electrons. The van der Waals surface area contributed by atoms with Crippen LogP contribution in [0.1, 0.15) is 19.7 Å². The maximum Gasteiger partial charge on any atom is 0.151 e. The highest BCUT2D eigenvalue weighted by atomic mass is 35.5. The summed E-state index contributed by atoms with van der Waals surface area (Å²) in [6.07, 6.45) is 0.0395. The number of aromatic nitrogens is 2. The highest BCUT2D eigenvalue weighted by Crippen LogP contribution is 2.21. The third kappa shape index (κ3) is 2.49. The van der Waals surface area contributed by atoms with E-state index in [1.807, 2.05) is 24.5 Å². The van der Waals surface area contributed by atoms with Gasteiger partial charge in [0.15, 0.2) is 5.82 Å². The lowest BCUT2D eigenvalue weighted by atomic mass is 10.3. The molecule has 0 saturated heterocycles. The quantitative estimate of drug-likeness (QED) is 0.779. The normalized spacial score (nSPS) is 13.1. The van der Waals surface area contributed by atoms with Crippen molar-refractivity contribution in [1.29, 1.82) is 0 Å². The van der Waals surface area contributed by atoms with Crippen LogP contribution in [0.25, 0.3) is 11.0 Å². The zero-order valence-corrected chi connectivity index (χ0v) is 11.2. The summed E-state index contributed by atoms with van der Waals surface area (Å²) in [7, 11) is 0. The lowest BCUT2D eigenvalue weighted by Crippen LogP contribution is -2.17. The van der Waals surface area contributed by atoms with Crippen molar-refractivity contribution in [3.63, 3.8) is 0 Å². The first kappa shape index (κ1) is 13.3. The summed E-state index contributed by atoms with van der Waals surface area (Å²) in [4.78, 5) is 4.24. The van der Waals surface area contributed by atoms with E-state index in [1.54, 1.807) is 6.07 Å². The summed E-state index contributed by atoms with van der Waals surface area (Å²) < 4.78 is 21.1. The van der Waals surface area contributed by atoms with E-state index in [2.05, 4.69) is 4.98 Å². The van der Waals surface area contributed by atoms with Crippen LogP contribution < -0.4 is 0 Å². The second kappa shape index (κ2) is 5.67. The SMILES string of the molecule is CCOC(C)Cn1c(CCl)nc2c(F)cccc21. The fraction of sp³-hybridized carbons (Fsp3) is 0.462. The molecular weight excluding hydrogens is 255 g/mol. The fourth-order valence-electron chi connectivity index (χ4n) is 2.06. The highest BCUT2D eigenvalue weighted by Gasteiger charge is 2.14. The molecule has 0 saturated carbocycles. The minimum Gasteiger partial charge on any atom is -0.377 e. The maximum atomic E-state index is 13.7. The molecular formula is C13H16ClFN2O. The Morgan fingerprint density at radius 1 is 1.50 bits per heavy atom. The summed E-state index contributed by atoms with van der Waals surface area (Å²) in [6.45, 7) is 5.20. The lowest BCUT2D eigenvalue weighted by molar-refractivity contribution is 0.0643. The molecule has 1 unspecified atom stereocenters. The Balaban J connectivity index is 2.44.